The van der Waals surface area contributed by atoms with Crippen LogP contribution in [0.2, 0.25) is 0 Å². The van der Waals surface area contributed by atoms with Crippen LogP contribution in [0.25, 0.3) is 0 Å². The average molecular weight is 370 g/mol. The van der Waals surface area contributed by atoms with E-state index in [2.05, 4.69) is 4.98 Å². The van der Waals surface area contributed by atoms with Gasteiger partial charge in [-0.15, -0.1) is 0 Å². The lowest BCUT2D eigenvalue weighted by Crippen LogP contribution is -2.48. The van der Waals surface area contributed by atoms with E-state index in [1.807, 2.05) is 13.8 Å². The average Bonchev–Trinajstić information content (AvgIpc) is 2.92. The lowest BCUT2D eigenvalue weighted by molar-refractivity contribution is -0.138. The number of H-pyrrole nitrogens is 1. The summed E-state index contributed by atoms with van der Waals surface area (Å²) in [5.74, 6) is -1.37. The molecule has 8 nitrogen and oxygen atoms in total. The molecule has 25 heavy (non-hydrogen) atoms. The molecular formula is C16H22N2O6S. The summed E-state index contributed by atoms with van der Waals surface area (Å²) in [4.78, 5) is 39.9. The minimum absolute atomic E-state index is 0.0526. The van der Waals surface area contributed by atoms with Crippen LogP contribution < -0.4 is 5.56 Å². The molecule has 0 unspecified atom stereocenters. The second-order valence-electron chi connectivity index (χ2n) is 6.10. The van der Waals surface area contributed by atoms with Crippen molar-refractivity contribution >= 4 is 21.7 Å². The third-order valence-electron chi connectivity index (χ3n) is 4.32. The van der Waals surface area contributed by atoms with Crippen LogP contribution in [0.4, 0.5) is 0 Å². The predicted octanol–water partition coefficient (Wildman–Crippen LogP) is 0.346. The third-order valence-corrected chi connectivity index (χ3v) is 6.07. The zero-order chi connectivity index (χ0) is 18.6. The zero-order valence-electron chi connectivity index (χ0n) is 14.2. The maximum atomic E-state index is 12.5. The predicted molar refractivity (Wildman–Crippen MR) is 91.0 cm³/mol. The lowest BCUT2D eigenvalue weighted by Gasteiger charge is -2.33. The monoisotopic (exact) mass is 370 g/mol. The van der Waals surface area contributed by atoms with Gasteiger partial charge in [0.05, 0.1) is 11.5 Å². The van der Waals surface area contributed by atoms with Crippen LogP contribution >= 0.6 is 0 Å². The van der Waals surface area contributed by atoms with E-state index < -0.39 is 39.9 Å². The summed E-state index contributed by atoms with van der Waals surface area (Å²) >= 11 is 0. The molecule has 2 heterocycles. The molecule has 2 atom stereocenters. The van der Waals surface area contributed by atoms with Gasteiger partial charge in [0.2, 0.25) is 0 Å². The quantitative estimate of drug-likeness (QED) is 0.723. The summed E-state index contributed by atoms with van der Waals surface area (Å²) in [6.45, 7) is 3.19. The van der Waals surface area contributed by atoms with Gasteiger partial charge in [0.1, 0.15) is 5.56 Å². The molecule has 138 valence electrons. The molecule has 0 aliphatic carbocycles. The molecule has 0 saturated carbocycles. The second-order valence-corrected chi connectivity index (χ2v) is 8.33. The van der Waals surface area contributed by atoms with Gasteiger partial charge in [0.25, 0.3) is 11.5 Å². The Hall–Kier alpha value is -2.16. The molecule has 1 saturated heterocycles. The Bertz CT molecular complexity index is 801. The largest absolute Gasteiger partial charge is 0.452 e. The van der Waals surface area contributed by atoms with Gasteiger partial charge in [-0.1, -0.05) is 6.92 Å². The van der Waals surface area contributed by atoms with E-state index in [1.54, 1.807) is 0 Å². The molecular weight excluding hydrogens is 348 g/mol. The number of pyridine rings is 1. The molecule has 0 aromatic carbocycles. The molecule has 1 N–H and O–H groups in total. The zero-order valence-corrected chi connectivity index (χ0v) is 15.0. The highest BCUT2D eigenvalue weighted by molar-refractivity contribution is 7.91. The van der Waals surface area contributed by atoms with Crippen molar-refractivity contribution in [1.82, 2.24) is 9.88 Å². The fraction of sp³-hybridized carbons (Fsp3) is 0.562. The molecule has 1 aliphatic rings. The first-order chi connectivity index (χ1) is 11.7. The summed E-state index contributed by atoms with van der Waals surface area (Å²) in [6.07, 6.45) is 2.41. The SMILES string of the molecule is CC[C@@H](C)N(C(=O)COC(=O)c1ccc[nH]c1=O)[C@@H]1CCS(=O)(=O)C1. The van der Waals surface area contributed by atoms with Crippen molar-refractivity contribution in [1.29, 1.82) is 0 Å². The molecule has 0 spiro atoms. The summed E-state index contributed by atoms with van der Waals surface area (Å²) in [5, 5.41) is 0. The highest BCUT2D eigenvalue weighted by Gasteiger charge is 2.36. The first-order valence-electron chi connectivity index (χ1n) is 8.11. The Labute approximate surface area is 146 Å². The number of sulfone groups is 1. The summed E-state index contributed by atoms with van der Waals surface area (Å²) in [6, 6.07) is 2.20. The van der Waals surface area contributed by atoms with E-state index in [0.717, 1.165) is 0 Å². The van der Waals surface area contributed by atoms with Gasteiger partial charge in [-0.05, 0) is 31.9 Å². The van der Waals surface area contributed by atoms with Crippen LogP contribution in [0.3, 0.4) is 0 Å². The van der Waals surface area contributed by atoms with Crippen molar-refractivity contribution in [3.05, 3.63) is 34.2 Å². The number of hydrogen-bond donors (Lipinski definition) is 1. The van der Waals surface area contributed by atoms with Gasteiger partial charge in [-0.3, -0.25) is 9.59 Å². The number of aromatic amines is 1. The Morgan fingerprint density at radius 1 is 1.44 bits per heavy atom. The van der Waals surface area contributed by atoms with E-state index >= 15 is 0 Å². The van der Waals surface area contributed by atoms with Crippen molar-refractivity contribution < 1.29 is 22.7 Å². The first-order valence-corrected chi connectivity index (χ1v) is 9.93. The number of rotatable bonds is 6. The van der Waals surface area contributed by atoms with Gasteiger partial charge in [0, 0.05) is 18.3 Å². The number of carbonyl (C=O) groups is 2. The molecule has 1 aromatic heterocycles. The molecule has 2 rings (SSSR count). The van der Waals surface area contributed by atoms with Gasteiger partial charge in [0.15, 0.2) is 16.4 Å². The minimum Gasteiger partial charge on any atom is -0.452 e. The van der Waals surface area contributed by atoms with Crippen LogP contribution in [0.1, 0.15) is 37.0 Å². The van der Waals surface area contributed by atoms with Crippen molar-refractivity contribution in [3.63, 3.8) is 0 Å². The highest BCUT2D eigenvalue weighted by atomic mass is 32.2. The molecule has 1 fully saturated rings. The Morgan fingerprint density at radius 2 is 2.16 bits per heavy atom. The van der Waals surface area contributed by atoms with Gasteiger partial charge >= 0.3 is 5.97 Å². The standard InChI is InChI=1S/C16H22N2O6S/c1-3-11(2)18(12-6-8-25(22,23)10-12)14(19)9-24-16(21)13-5-4-7-17-15(13)20/h4-5,7,11-12H,3,6,8-10H2,1-2H3,(H,17,20)/t11-,12-/m1/s1. The van der Waals surface area contributed by atoms with E-state index in [1.165, 1.54) is 23.2 Å². The van der Waals surface area contributed by atoms with E-state index in [-0.39, 0.29) is 23.1 Å². The number of hydrogen-bond acceptors (Lipinski definition) is 6. The van der Waals surface area contributed by atoms with Crippen LogP contribution in [-0.2, 0) is 19.4 Å². The van der Waals surface area contributed by atoms with Crippen LogP contribution in [0.5, 0.6) is 0 Å². The molecule has 1 amide bonds. The summed E-state index contributed by atoms with van der Waals surface area (Å²) in [7, 11) is -3.14. The van der Waals surface area contributed by atoms with E-state index in [4.69, 9.17) is 4.74 Å². The van der Waals surface area contributed by atoms with Gasteiger partial charge < -0.3 is 14.6 Å². The number of nitrogens with zero attached hydrogens (tertiary/aromatic N) is 1. The Balaban J connectivity index is 2.06. The maximum absolute atomic E-state index is 12.5. The summed E-state index contributed by atoms with van der Waals surface area (Å²) < 4.78 is 28.4. The maximum Gasteiger partial charge on any atom is 0.344 e. The third kappa shape index (κ3) is 4.68. The normalized spacial score (nSPS) is 20.0. The Morgan fingerprint density at radius 3 is 2.72 bits per heavy atom. The summed E-state index contributed by atoms with van der Waals surface area (Å²) in [5.41, 5.74) is -0.783. The fourth-order valence-electron chi connectivity index (χ4n) is 2.86. The molecule has 0 radical (unpaired) electrons. The molecule has 1 aliphatic heterocycles. The topological polar surface area (TPSA) is 114 Å². The minimum atomic E-state index is -3.14. The van der Waals surface area contributed by atoms with Crippen molar-refractivity contribution in [2.24, 2.45) is 0 Å². The first kappa shape index (κ1) is 19.2. The number of aromatic nitrogens is 1. The number of carbonyl (C=O) groups excluding carboxylic acids is 2. The Kier molecular flexibility index (Phi) is 5.99. The number of amides is 1. The van der Waals surface area contributed by atoms with Crippen LogP contribution in [-0.4, -0.2) is 60.4 Å². The van der Waals surface area contributed by atoms with Crippen molar-refractivity contribution in [2.45, 2.75) is 38.8 Å². The molecule has 1 aromatic rings. The highest BCUT2D eigenvalue weighted by Crippen LogP contribution is 2.21. The smallest absolute Gasteiger partial charge is 0.344 e. The van der Waals surface area contributed by atoms with Gasteiger partial charge in [-0.25, -0.2) is 13.2 Å². The van der Waals surface area contributed by atoms with Crippen molar-refractivity contribution in [2.75, 3.05) is 18.1 Å². The number of ether oxygens (including phenoxy) is 1. The molecule has 0 bridgehead atoms. The number of esters is 1. The van der Waals surface area contributed by atoms with Gasteiger partial charge in [-0.2, -0.15) is 0 Å². The lowest BCUT2D eigenvalue weighted by atomic mass is 10.1. The number of nitrogens with one attached hydrogen (secondary N) is 1. The van der Waals surface area contributed by atoms with Crippen LogP contribution in [0, 0.1) is 0 Å². The van der Waals surface area contributed by atoms with Crippen LogP contribution in [0.15, 0.2) is 23.1 Å². The van der Waals surface area contributed by atoms with E-state index in [0.29, 0.717) is 12.8 Å². The van der Waals surface area contributed by atoms with E-state index in [9.17, 15) is 22.8 Å². The molecule has 9 heteroatoms. The fourth-order valence-corrected chi connectivity index (χ4v) is 4.57. The second kappa shape index (κ2) is 7.81. The van der Waals surface area contributed by atoms with Crippen molar-refractivity contribution in [3.8, 4) is 0 Å².